The molecule has 2 aromatic rings. The SMILES string of the molecule is CCC(CC(=O)Nc1cccc(OCCS(C)(=O)=O)c1)c1ccccc1. The average molecular weight is 375 g/mol. The highest BCUT2D eigenvalue weighted by molar-refractivity contribution is 7.90. The quantitative estimate of drug-likeness (QED) is 0.726. The van der Waals surface area contributed by atoms with Crippen LogP contribution >= 0.6 is 0 Å². The van der Waals surface area contributed by atoms with E-state index in [0.29, 0.717) is 17.9 Å². The molecule has 0 aliphatic heterocycles. The minimum absolute atomic E-state index is 0.0428. The number of hydrogen-bond acceptors (Lipinski definition) is 4. The second-order valence-electron chi connectivity index (χ2n) is 6.27. The molecule has 0 aliphatic rings. The molecule has 5 nitrogen and oxygen atoms in total. The third kappa shape index (κ3) is 6.88. The molecular formula is C20H25NO4S. The van der Waals surface area contributed by atoms with Gasteiger partial charge < -0.3 is 10.1 Å². The average Bonchev–Trinajstić information content (AvgIpc) is 2.59. The number of carbonyl (C=O) groups is 1. The molecule has 1 amide bonds. The molecule has 140 valence electrons. The van der Waals surface area contributed by atoms with Crippen LogP contribution in [0.1, 0.15) is 31.2 Å². The zero-order chi connectivity index (χ0) is 19.0. The number of hydrogen-bond donors (Lipinski definition) is 1. The van der Waals surface area contributed by atoms with Crippen LogP contribution in [-0.4, -0.2) is 32.9 Å². The van der Waals surface area contributed by atoms with Gasteiger partial charge in [-0.1, -0.05) is 43.3 Å². The van der Waals surface area contributed by atoms with Gasteiger partial charge in [-0.2, -0.15) is 0 Å². The van der Waals surface area contributed by atoms with Gasteiger partial charge in [0, 0.05) is 24.4 Å². The van der Waals surface area contributed by atoms with Crippen LogP contribution < -0.4 is 10.1 Å². The third-order valence-electron chi connectivity index (χ3n) is 4.04. The number of carbonyl (C=O) groups excluding carboxylic acids is 1. The van der Waals surface area contributed by atoms with E-state index < -0.39 is 9.84 Å². The van der Waals surface area contributed by atoms with Crippen molar-refractivity contribution >= 4 is 21.4 Å². The number of rotatable bonds is 9. The first-order chi connectivity index (χ1) is 12.4. The number of nitrogens with one attached hydrogen (secondary N) is 1. The van der Waals surface area contributed by atoms with E-state index >= 15 is 0 Å². The van der Waals surface area contributed by atoms with Gasteiger partial charge in [0.25, 0.3) is 0 Å². The summed E-state index contributed by atoms with van der Waals surface area (Å²) in [4.78, 5) is 12.4. The molecule has 1 atom stereocenters. The Bertz CT molecular complexity index is 819. The van der Waals surface area contributed by atoms with Crippen LogP contribution in [0.15, 0.2) is 54.6 Å². The van der Waals surface area contributed by atoms with Crippen LogP contribution in [0.4, 0.5) is 5.69 Å². The van der Waals surface area contributed by atoms with Crippen LogP contribution in [-0.2, 0) is 14.6 Å². The van der Waals surface area contributed by atoms with Gasteiger partial charge >= 0.3 is 0 Å². The van der Waals surface area contributed by atoms with E-state index in [-0.39, 0.29) is 24.2 Å². The lowest BCUT2D eigenvalue weighted by Crippen LogP contribution is -2.15. The van der Waals surface area contributed by atoms with Crippen molar-refractivity contribution in [2.24, 2.45) is 0 Å². The van der Waals surface area contributed by atoms with Crippen molar-refractivity contribution < 1.29 is 17.9 Å². The predicted molar refractivity (Wildman–Crippen MR) is 104 cm³/mol. The standard InChI is InChI=1S/C20H25NO4S/c1-3-16(17-8-5-4-6-9-17)14-20(22)21-18-10-7-11-19(15-18)25-12-13-26(2,23)24/h4-11,15-16H,3,12-14H2,1-2H3,(H,21,22). The summed E-state index contributed by atoms with van der Waals surface area (Å²) in [6.07, 6.45) is 2.45. The Balaban J connectivity index is 1.93. The predicted octanol–water partition coefficient (Wildman–Crippen LogP) is 3.63. The molecule has 26 heavy (non-hydrogen) atoms. The van der Waals surface area contributed by atoms with Crippen LogP contribution in [0.3, 0.4) is 0 Å². The molecule has 0 spiro atoms. The third-order valence-corrected chi connectivity index (χ3v) is 4.94. The normalized spacial score (nSPS) is 12.4. The van der Waals surface area contributed by atoms with Gasteiger partial charge in [-0.25, -0.2) is 8.42 Å². The number of sulfone groups is 1. The molecule has 0 radical (unpaired) electrons. The summed E-state index contributed by atoms with van der Waals surface area (Å²) < 4.78 is 27.7. The Morgan fingerprint density at radius 2 is 1.85 bits per heavy atom. The van der Waals surface area contributed by atoms with Crippen molar-refractivity contribution in [2.75, 3.05) is 23.9 Å². The van der Waals surface area contributed by atoms with Crippen molar-refractivity contribution in [2.45, 2.75) is 25.7 Å². The van der Waals surface area contributed by atoms with Crippen LogP contribution in [0.2, 0.25) is 0 Å². The van der Waals surface area contributed by atoms with E-state index in [0.717, 1.165) is 12.0 Å². The van der Waals surface area contributed by atoms with Gasteiger partial charge in [-0.15, -0.1) is 0 Å². The Kier molecular flexibility index (Phi) is 7.21. The second kappa shape index (κ2) is 9.38. The molecule has 0 saturated heterocycles. The maximum absolute atomic E-state index is 12.4. The zero-order valence-corrected chi connectivity index (χ0v) is 16.0. The number of ether oxygens (including phenoxy) is 1. The molecule has 0 saturated carbocycles. The molecule has 2 rings (SSSR count). The molecule has 1 N–H and O–H groups in total. The van der Waals surface area contributed by atoms with Gasteiger partial charge in [0.15, 0.2) is 9.84 Å². The van der Waals surface area contributed by atoms with Crippen molar-refractivity contribution in [1.82, 2.24) is 0 Å². The summed E-state index contributed by atoms with van der Waals surface area (Å²) in [7, 11) is -3.06. The fourth-order valence-corrected chi connectivity index (χ4v) is 3.02. The smallest absolute Gasteiger partial charge is 0.224 e. The maximum atomic E-state index is 12.4. The van der Waals surface area contributed by atoms with Gasteiger partial charge in [-0.3, -0.25) is 4.79 Å². The molecule has 0 bridgehead atoms. The summed E-state index contributed by atoms with van der Waals surface area (Å²) in [6, 6.07) is 17.0. The van der Waals surface area contributed by atoms with E-state index in [1.807, 2.05) is 30.3 Å². The molecule has 6 heteroatoms. The first kappa shape index (κ1) is 20.0. The summed E-state index contributed by atoms with van der Waals surface area (Å²) in [5.41, 5.74) is 1.79. The first-order valence-electron chi connectivity index (χ1n) is 8.63. The van der Waals surface area contributed by atoms with Gasteiger partial charge in [0.1, 0.15) is 12.4 Å². The summed E-state index contributed by atoms with van der Waals surface area (Å²) in [5.74, 6) is 0.597. The minimum atomic E-state index is -3.06. The largest absolute Gasteiger partial charge is 0.492 e. The summed E-state index contributed by atoms with van der Waals surface area (Å²) in [6.45, 7) is 2.16. The Labute approximate surface area is 155 Å². The van der Waals surface area contributed by atoms with E-state index in [1.165, 1.54) is 6.26 Å². The fraction of sp³-hybridized carbons (Fsp3) is 0.350. The van der Waals surface area contributed by atoms with Crippen molar-refractivity contribution in [3.8, 4) is 5.75 Å². The maximum Gasteiger partial charge on any atom is 0.224 e. The molecule has 0 aliphatic carbocycles. The molecule has 1 unspecified atom stereocenters. The van der Waals surface area contributed by atoms with E-state index in [9.17, 15) is 13.2 Å². The van der Waals surface area contributed by atoms with E-state index in [1.54, 1.807) is 24.3 Å². The summed E-state index contributed by atoms with van der Waals surface area (Å²) in [5, 5.41) is 2.89. The zero-order valence-electron chi connectivity index (χ0n) is 15.1. The summed E-state index contributed by atoms with van der Waals surface area (Å²) >= 11 is 0. The number of amides is 1. The highest BCUT2D eigenvalue weighted by Crippen LogP contribution is 2.24. The lowest BCUT2D eigenvalue weighted by Gasteiger charge is -2.15. The topological polar surface area (TPSA) is 72.5 Å². The monoisotopic (exact) mass is 375 g/mol. The second-order valence-corrected chi connectivity index (χ2v) is 8.53. The Morgan fingerprint density at radius 1 is 1.12 bits per heavy atom. The lowest BCUT2D eigenvalue weighted by molar-refractivity contribution is -0.116. The van der Waals surface area contributed by atoms with Crippen LogP contribution in [0, 0.1) is 0 Å². The highest BCUT2D eigenvalue weighted by Gasteiger charge is 2.14. The van der Waals surface area contributed by atoms with E-state index in [2.05, 4.69) is 12.2 Å². The molecule has 0 aromatic heterocycles. The van der Waals surface area contributed by atoms with E-state index in [4.69, 9.17) is 4.74 Å². The van der Waals surface area contributed by atoms with Crippen molar-refractivity contribution in [1.29, 1.82) is 0 Å². The number of anilines is 1. The molecule has 0 fully saturated rings. The minimum Gasteiger partial charge on any atom is -0.492 e. The Hall–Kier alpha value is -2.34. The van der Waals surface area contributed by atoms with Crippen molar-refractivity contribution in [3.05, 3.63) is 60.2 Å². The lowest BCUT2D eigenvalue weighted by atomic mass is 9.93. The highest BCUT2D eigenvalue weighted by atomic mass is 32.2. The van der Waals surface area contributed by atoms with Crippen molar-refractivity contribution in [3.63, 3.8) is 0 Å². The number of benzene rings is 2. The first-order valence-corrected chi connectivity index (χ1v) is 10.7. The van der Waals surface area contributed by atoms with Crippen LogP contribution in [0.25, 0.3) is 0 Å². The molecule has 2 aromatic carbocycles. The van der Waals surface area contributed by atoms with Crippen LogP contribution in [0.5, 0.6) is 5.75 Å². The molecule has 0 heterocycles. The van der Waals surface area contributed by atoms with Gasteiger partial charge in [-0.05, 0) is 30.0 Å². The fourth-order valence-electron chi connectivity index (χ4n) is 2.63. The Morgan fingerprint density at radius 3 is 2.50 bits per heavy atom. The van der Waals surface area contributed by atoms with Gasteiger partial charge in [0.05, 0.1) is 5.75 Å². The molecular weight excluding hydrogens is 350 g/mol. The van der Waals surface area contributed by atoms with Gasteiger partial charge in [0.2, 0.25) is 5.91 Å².